The molecule has 0 saturated heterocycles. The van der Waals surface area contributed by atoms with Gasteiger partial charge in [0.1, 0.15) is 11.9 Å². The molecule has 0 fully saturated rings. The Morgan fingerprint density at radius 2 is 2.24 bits per heavy atom. The Morgan fingerprint density at radius 1 is 1.53 bits per heavy atom. The van der Waals surface area contributed by atoms with Gasteiger partial charge in [-0.05, 0) is 13.0 Å². The lowest BCUT2D eigenvalue weighted by Gasteiger charge is -2.10. The van der Waals surface area contributed by atoms with Gasteiger partial charge in [-0.1, -0.05) is 11.6 Å². The fraction of sp³-hybridized carbons (Fsp3) is 0.364. The van der Waals surface area contributed by atoms with Gasteiger partial charge in [-0.2, -0.15) is 5.26 Å². The van der Waals surface area contributed by atoms with Crippen LogP contribution in [0.15, 0.2) is 12.1 Å². The molecule has 1 atom stereocenters. The highest BCUT2D eigenvalue weighted by molar-refractivity contribution is 6.33. The van der Waals surface area contributed by atoms with Crippen LogP contribution in [-0.2, 0) is 4.74 Å². The first-order valence-corrected chi connectivity index (χ1v) is 5.32. The predicted octanol–water partition coefficient (Wildman–Crippen LogP) is 2.96. The number of hydrogen-bond donors (Lipinski definition) is 1. The van der Waals surface area contributed by atoms with Crippen LogP contribution in [0.25, 0.3) is 0 Å². The van der Waals surface area contributed by atoms with E-state index in [9.17, 15) is 8.78 Å². The summed E-state index contributed by atoms with van der Waals surface area (Å²) in [5, 5.41) is 11.1. The van der Waals surface area contributed by atoms with E-state index in [4.69, 9.17) is 21.6 Å². The molecule has 92 valence electrons. The van der Waals surface area contributed by atoms with Crippen LogP contribution in [-0.4, -0.2) is 19.3 Å². The minimum Gasteiger partial charge on any atom is -0.379 e. The zero-order chi connectivity index (χ0) is 12.8. The summed E-state index contributed by atoms with van der Waals surface area (Å²) in [6, 6.07) is 3.66. The number of ether oxygens (including phenoxy) is 1. The minimum absolute atomic E-state index is 0.0290. The van der Waals surface area contributed by atoms with Gasteiger partial charge in [-0.15, -0.1) is 0 Å². The van der Waals surface area contributed by atoms with E-state index < -0.39 is 17.7 Å². The van der Waals surface area contributed by atoms with Gasteiger partial charge < -0.3 is 10.1 Å². The molecule has 0 heterocycles. The maximum atomic E-state index is 13.3. The molecule has 0 aliphatic heterocycles. The third-order valence-electron chi connectivity index (χ3n) is 1.96. The Balaban J connectivity index is 2.50. The number of nitrogens with zero attached hydrogens (tertiary/aromatic N) is 1. The summed E-state index contributed by atoms with van der Waals surface area (Å²) >= 11 is 5.67. The molecule has 0 radical (unpaired) electrons. The number of rotatable bonds is 5. The van der Waals surface area contributed by atoms with Gasteiger partial charge >= 0.3 is 0 Å². The van der Waals surface area contributed by atoms with E-state index in [1.165, 1.54) is 0 Å². The van der Waals surface area contributed by atoms with Crippen molar-refractivity contribution < 1.29 is 13.5 Å². The quantitative estimate of drug-likeness (QED) is 0.828. The van der Waals surface area contributed by atoms with Crippen LogP contribution in [0.1, 0.15) is 6.92 Å². The number of hydrogen-bond acceptors (Lipinski definition) is 3. The molecule has 17 heavy (non-hydrogen) atoms. The third kappa shape index (κ3) is 4.17. The summed E-state index contributed by atoms with van der Waals surface area (Å²) in [4.78, 5) is 0. The molecular weight excluding hydrogens is 250 g/mol. The van der Waals surface area contributed by atoms with Crippen LogP contribution >= 0.6 is 11.6 Å². The molecule has 1 rings (SSSR count). The fourth-order valence-electron chi connectivity index (χ4n) is 1.16. The Labute approximate surface area is 103 Å². The molecule has 0 aliphatic rings. The van der Waals surface area contributed by atoms with Crippen molar-refractivity contribution in [2.75, 3.05) is 18.5 Å². The van der Waals surface area contributed by atoms with Gasteiger partial charge in [0.15, 0.2) is 5.82 Å². The second-order valence-corrected chi connectivity index (χ2v) is 3.72. The second kappa shape index (κ2) is 6.38. The lowest BCUT2D eigenvalue weighted by atomic mass is 10.3. The van der Waals surface area contributed by atoms with Gasteiger partial charge in [0.05, 0.1) is 23.4 Å². The van der Waals surface area contributed by atoms with Gasteiger partial charge in [0.25, 0.3) is 0 Å². The molecule has 1 N–H and O–H groups in total. The molecule has 6 heteroatoms. The number of nitrogens with one attached hydrogen (secondary N) is 1. The first kappa shape index (κ1) is 13.7. The highest BCUT2D eigenvalue weighted by atomic mass is 35.5. The van der Waals surface area contributed by atoms with Crippen molar-refractivity contribution in [3.05, 3.63) is 28.8 Å². The van der Waals surface area contributed by atoms with Gasteiger partial charge in [0.2, 0.25) is 0 Å². The van der Waals surface area contributed by atoms with Crippen molar-refractivity contribution in [3.63, 3.8) is 0 Å². The number of halogens is 3. The Hall–Kier alpha value is -1.38. The number of benzene rings is 1. The molecule has 1 aromatic carbocycles. The Morgan fingerprint density at radius 3 is 2.82 bits per heavy atom. The monoisotopic (exact) mass is 260 g/mol. The van der Waals surface area contributed by atoms with Crippen LogP contribution in [0.3, 0.4) is 0 Å². The van der Waals surface area contributed by atoms with Crippen LogP contribution < -0.4 is 5.32 Å². The second-order valence-electron chi connectivity index (χ2n) is 3.31. The number of nitriles is 1. The van der Waals surface area contributed by atoms with Gasteiger partial charge in [-0.25, -0.2) is 8.78 Å². The third-order valence-corrected chi connectivity index (χ3v) is 2.26. The van der Waals surface area contributed by atoms with Crippen LogP contribution in [0, 0.1) is 23.0 Å². The van der Waals surface area contributed by atoms with E-state index in [1.807, 2.05) is 6.07 Å². The highest BCUT2D eigenvalue weighted by Crippen LogP contribution is 2.25. The first-order chi connectivity index (χ1) is 8.04. The SMILES string of the molecule is CC(C#N)OCCNc1c(F)cc(F)cc1Cl. The minimum atomic E-state index is -0.761. The average molecular weight is 261 g/mol. The molecule has 0 aromatic heterocycles. The topological polar surface area (TPSA) is 45.0 Å². The normalized spacial score (nSPS) is 11.9. The maximum Gasteiger partial charge on any atom is 0.150 e. The summed E-state index contributed by atoms with van der Waals surface area (Å²) in [5.41, 5.74) is 0.0290. The highest BCUT2D eigenvalue weighted by Gasteiger charge is 2.09. The van der Waals surface area contributed by atoms with Crippen LogP contribution in [0.4, 0.5) is 14.5 Å². The van der Waals surface area contributed by atoms with E-state index in [2.05, 4.69) is 5.32 Å². The van der Waals surface area contributed by atoms with Crippen molar-refractivity contribution in [2.24, 2.45) is 0 Å². The fourth-order valence-corrected chi connectivity index (χ4v) is 1.42. The molecule has 3 nitrogen and oxygen atoms in total. The molecule has 0 saturated carbocycles. The van der Waals surface area contributed by atoms with Crippen molar-refractivity contribution in [1.82, 2.24) is 0 Å². The van der Waals surface area contributed by atoms with E-state index in [1.54, 1.807) is 6.92 Å². The summed E-state index contributed by atoms with van der Waals surface area (Å²) < 4.78 is 31.1. The van der Waals surface area contributed by atoms with Gasteiger partial charge in [-0.3, -0.25) is 0 Å². The average Bonchev–Trinajstić information content (AvgIpc) is 2.26. The molecule has 0 bridgehead atoms. The lowest BCUT2D eigenvalue weighted by Crippen LogP contribution is -2.15. The van der Waals surface area contributed by atoms with E-state index in [0.717, 1.165) is 12.1 Å². The largest absolute Gasteiger partial charge is 0.379 e. The maximum absolute atomic E-state index is 13.3. The summed E-state index contributed by atoms with van der Waals surface area (Å²) in [6.07, 6.45) is -0.523. The molecule has 1 aromatic rings. The number of anilines is 1. The molecule has 0 amide bonds. The zero-order valence-corrected chi connectivity index (χ0v) is 9.89. The van der Waals surface area contributed by atoms with Crippen LogP contribution in [0.5, 0.6) is 0 Å². The van der Waals surface area contributed by atoms with E-state index in [0.29, 0.717) is 0 Å². The molecular formula is C11H11ClF2N2O. The standard InChI is InChI=1S/C11H11ClF2N2O/c1-7(6-15)17-3-2-16-11-9(12)4-8(13)5-10(11)14/h4-5,7,16H,2-3H2,1H3. The zero-order valence-electron chi connectivity index (χ0n) is 9.14. The van der Waals surface area contributed by atoms with Crippen molar-refractivity contribution >= 4 is 17.3 Å². The van der Waals surface area contributed by atoms with Crippen molar-refractivity contribution in [1.29, 1.82) is 5.26 Å². The first-order valence-electron chi connectivity index (χ1n) is 4.94. The molecule has 1 unspecified atom stereocenters. The predicted molar refractivity (Wildman–Crippen MR) is 60.9 cm³/mol. The summed E-state index contributed by atoms with van der Waals surface area (Å²) in [5.74, 6) is -1.49. The molecule has 0 aliphatic carbocycles. The lowest BCUT2D eigenvalue weighted by molar-refractivity contribution is 0.111. The Kier molecular flexibility index (Phi) is 5.13. The van der Waals surface area contributed by atoms with E-state index in [-0.39, 0.29) is 23.9 Å². The molecule has 0 spiro atoms. The summed E-state index contributed by atoms with van der Waals surface area (Å²) in [6.45, 7) is 2.10. The van der Waals surface area contributed by atoms with E-state index >= 15 is 0 Å². The smallest absolute Gasteiger partial charge is 0.150 e. The van der Waals surface area contributed by atoms with Crippen molar-refractivity contribution in [2.45, 2.75) is 13.0 Å². The summed E-state index contributed by atoms with van der Waals surface area (Å²) in [7, 11) is 0. The van der Waals surface area contributed by atoms with Gasteiger partial charge in [0, 0.05) is 12.6 Å². The van der Waals surface area contributed by atoms with Crippen molar-refractivity contribution in [3.8, 4) is 6.07 Å². The van der Waals surface area contributed by atoms with Crippen LogP contribution in [0.2, 0.25) is 5.02 Å². The Bertz CT molecular complexity index is 411.